The number of halogens is 1. The summed E-state index contributed by atoms with van der Waals surface area (Å²) in [5, 5.41) is 10.7. The molecule has 4 rings (SSSR count). The van der Waals surface area contributed by atoms with Gasteiger partial charge in [0.25, 0.3) is 0 Å². The van der Waals surface area contributed by atoms with Gasteiger partial charge in [-0.3, -0.25) is 4.79 Å². The lowest BCUT2D eigenvalue weighted by Crippen LogP contribution is -2.21. The number of rotatable bonds is 10. The van der Waals surface area contributed by atoms with E-state index in [2.05, 4.69) is 32.5 Å². The van der Waals surface area contributed by atoms with Crippen molar-refractivity contribution in [2.24, 2.45) is 0 Å². The van der Waals surface area contributed by atoms with Crippen molar-refractivity contribution in [3.05, 3.63) is 72.4 Å². The maximum Gasteiger partial charge on any atom is 0.247 e. The quantitative estimate of drug-likeness (QED) is 0.253. The van der Waals surface area contributed by atoms with Crippen molar-refractivity contribution in [3.63, 3.8) is 0 Å². The number of carbonyl (C=O) groups excluding carboxylic acids is 1. The monoisotopic (exact) mass is 492 g/mol. The lowest BCUT2D eigenvalue weighted by Gasteiger charge is -2.13. The van der Waals surface area contributed by atoms with E-state index in [0.29, 0.717) is 40.8 Å². The Labute approximate surface area is 206 Å². The van der Waals surface area contributed by atoms with Crippen LogP contribution >= 0.6 is 11.3 Å². The van der Waals surface area contributed by atoms with Crippen LogP contribution in [0.4, 0.5) is 27.4 Å². The van der Waals surface area contributed by atoms with E-state index >= 15 is 0 Å². The first-order valence-corrected chi connectivity index (χ1v) is 11.7. The van der Waals surface area contributed by atoms with E-state index in [1.807, 2.05) is 30.4 Å². The third-order valence-electron chi connectivity index (χ3n) is 4.87. The molecule has 0 atom stereocenters. The molecule has 0 aliphatic heterocycles. The Morgan fingerprint density at radius 1 is 1.17 bits per heavy atom. The molecule has 2 aromatic carbocycles. The summed E-state index contributed by atoms with van der Waals surface area (Å²) in [5.74, 6) is 0.421. The number of carbonyl (C=O) groups is 1. The SMILES string of the molecule is C=CC(=O)Nc1cccc(Oc2nc(Nc3ccc(NCCN(C)C)c(F)c3)nc3ccsc23)c1. The lowest BCUT2D eigenvalue weighted by molar-refractivity contribution is -0.111. The van der Waals surface area contributed by atoms with Crippen molar-refractivity contribution in [2.45, 2.75) is 0 Å². The molecule has 4 aromatic rings. The second-order valence-electron chi connectivity index (χ2n) is 7.86. The molecule has 0 aliphatic carbocycles. The normalized spacial score (nSPS) is 10.9. The van der Waals surface area contributed by atoms with Gasteiger partial charge in [0.1, 0.15) is 16.3 Å². The number of anilines is 4. The van der Waals surface area contributed by atoms with Crippen molar-refractivity contribution in [3.8, 4) is 11.6 Å². The molecule has 0 saturated carbocycles. The maximum atomic E-state index is 14.6. The number of fused-ring (bicyclic) bond motifs is 1. The summed E-state index contributed by atoms with van der Waals surface area (Å²) in [5.41, 5.74) is 2.20. The Bertz CT molecular complexity index is 1360. The molecule has 0 unspecified atom stereocenters. The molecule has 2 heterocycles. The van der Waals surface area contributed by atoms with Crippen LogP contribution in [0.2, 0.25) is 0 Å². The number of amides is 1. The zero-order chi connectivity index (χ0) is 24.8. The highest BCUT2D eigenvalue weighted by molar-refractivity contribution is 7.17. The van der Waals surface area contributed by atoms with Gasteiger partial charge in [-0.25, -0.2) is 9.37 Å². The number of nitrogens with one attached hydrogen (secondary N) is 3. The van der Waals surface area contributed by atoms with Crippen LogP contribution in [-0.2, 0) is 4.79 Å². The Morgan fingerprint density at radius 2 is 2.03 bits per heavy atom. The fourth-order valence-corrected chi connectivity index (χ4v) is 3.94. The van der Waals surface area contributed by atoms with Gasteiger partial charge in [0.2, 0.25) is 17.7 Å². The van der Waals surface area contributed by atoms with Gasteiger partial charge in [0.15, 0.2) is 0 Å². The van der Waals surface area contributed by atoms with Gasteiger partial charge >= 0.3 is 0 Å². The number of thiophene rings is 1. The minimum atomic E-state index is -0.375. The van der Waals surface area contributed by atoms with Crippen LogP contribution in [0.5, 0.6) is 11.6 Å². The Morgan fingerprint density at radius 3 is 2.80 bits per heavy atom. The van der Waals surface area contributed by atoms with Crippen molar-refractivity contribution in [1.29, 1.82) is 0 Å². The third-order valence-corrected chi connectivity index (χ3v) is 5.77. The number of hydrogen-bond acceptors (Lipinski definition) is 8. The molecule has 0 aliphatic rings. The molecular weight excluding hydrogens is 467 g/mol. The summed E-state index contributed by atoms with van der Waals surface area (Å²) < 4.78 is 21.4. The first kappa shape index (κ1) is 24.1. The molecule has 35 heavy (non-hydrogen) atoms. The van der Waals surface area contributed by atoms with E-state index < -0.39 is 0 Å². The highest BCUT2D eigenvalue weighted by Crippen LogP contribution is 2.34. The molecular formula is C25H25FN6O2S. The minimum Gasteiger partial charge on any atom is -0.437 e. The summed E-state index contributed by atoms with van der Waals surface area (Å²) in [7, 11) is 3.93. The number of likely N-dealkylation sites (N-methyl/N-ethyl adjacent to an activating group) is 1. The van der Waals surface area contributed by atoms with Gasteiger partial charge in [0.05, 0.1) is 11.2 Å². The average molecular weight is 493 g/mol. The van der Waals surface area contributed by atoms with Crippen molar-refractivity contribution in [1.82, 2.24) is 14.9 Å². The van der Waals surface area contributed by atoms with Gasteiger partial charge in [-0.05, 0) is 61.9 Å². The van der Waals surface area contributed by atoms with Gasteiger partial charge in [-0.15, -0.1) is 11.3 Å². The predicted octanol–water partition coefficient (Wildman–Crippen LogP) is 5.46. The minimum absolute atomic E-state index is 0.273. The molecule has 1 amide bonds. The maximum absolute atomic E-state index is 14.6. The summed E-state index contributed by atoms with van der Waals surface area (Å²) >= 11 is 1.45. The highest BCUT2D eigenvalue weighted by Gasteiger charge is 2.13. The number of ether oxygens (including phenoxy) is 1. The molecule has 2 aromatic heterocycles. The Balaban J connectivity index is 1.54. The Kier molecular flexibility index (Phi) is 7.54. The molecule has 0 fully saturated rings. The highest BCUT2D eigenvalue weighted by atomic mass is 32.1. The summed E-state index contributed by atoms with van der Waals surface area (Å²) in [6.07, 6.45) is 1.19. The summed E-state index contributed by atoms with van der Waals surface area (Å²) in [6, 6.07) is 13.6. The fourth-order valence-electron chi connectivity index (χ4n) is 3.18. The summed E-state index contributed by atoms with van der Waals surface area (Å²) in [4.78, 5) is 22.7. The van der Waals surface area contributed by atoms with Crippen LogP contribution in [0.15, 0.2) is 66.6 Å². The predicted molar refractivity (Wildman–Crippen MR) is 139 cm³/mol. The zero-order valence-corrected chi connectivity index (χ0v) is 20.2. The molecule has 8 nitrogen and oxygen atoms in total. The van der Waals surface area contributed by atoms with E-state index in [-0.39, 0.29) is 17.7 Å². The number of nitrogens with zero attached hydrogens (tertiary/aromatic N) is 3. The molecule has 0 saturated heterocycles. The molecule has 10 heteroatoms. The first-order valence-electron chi connectivity index (χ1n) is 10.8. The number of benzene rings is 2. The van der Waals surface area contributed by atoms with Gasteiger partial charge in [0, 0.05) is 30.5 Å². The van der Waals surface area contributed by atoms with Crippen LogP contribution in [0.1, 0.15) is 0 Å². The van der Waals surface area contributed by atoms with Crippen LogP contribution < -0.4 is 20.7 Å². The van der Waals surface area contributed by atoms with Crippen LogP contribution in [0.3, 0.4) is 0 Å². The topological polar surface area (TPSA) is 91.4 Å². The van der Waals surface area contributed by atoms with Crippen LogP contribution in [0, 0.1) is 5.82 Å². The van der Waals surface area contributed by atoms with Crippen molar-refractivity contribution in [2.75, 3.05) is 43.1 Å². The number of aromatic nitrogens is 2. The number of hydrogen-bond donors (Lipinski definition) is 3. The largest absolute Gasteiger partial charge is 0.437 e. The zero-order valence-electron chi connectivity index (χ0n) is 19.3. The molecule has 0 spiro atoms. The summed E-state index contributed by atoms with van der Waals surface area (Å²) in [6.45, 7) is 4.88. The van der Waals surface area contributed by atoms with E-state index in [0.717, 1.165) is 11.2 Å². The molecule has 0 bridgehead atoms. The van der Waals surface area contributed by atoms with Crippen molar-refractivity contribution >= 4 is 50.5 Å². The second kappa shape index (κ2) is 10.9. The van der Waals surface area contributed by atoms with E-state index in [1.54, 1.807) is 36.4 Å². The first-order chi connectivity index (χ1) is 16.9. The molecule has 180 valence electrons. The second-order valence-corrected chi connectivity index (χ2v) is 8.78. The fraction of sp³-hybridized carbons (Fsp3) is 0.160. The van der Waals surface area contributed by atoms with E-state index in [1.165, 1.54) is 23.5 Å². The van der Waals surface area contributed by atoms with Crippen LogP contribution in [-0.4, -0.2) is 48.0 Å². The standard InChI is InChI=1S/C25H25FN6O2S/c1-4-22(33)28-16-6-5-7-18(14-16)34-24-23-21(10-13-35-23)30-25(31-24)29-17-8-9-20(19(26)15-17)27-11-12-32(2)3/h4-10,13-15,27H,1,11-12H2,2-3H3,(H,28,33)(H,29,30,31). The third kappa shape index (κ3) is 6.31. The van der Waals surface area contributed by atoms with Crippen LogP contribution in [0.25, 0.3) is 10.2 Å². The van der Waals surface area contributed by atoms with Crippen molar-refractivity contribution < 1.29 is 13.9 Å². The van der Waals surface area contributed by atoms with Gasteiger partial charge < -0.3 is 25.6 Å². The van der Waals surface area contributed by atoms with E-state index in [9.17, 15) is 9.18 Å². The lowest BCUT2D eigenvalue weighted by atomic mass is 10.2. The molecule has 0 radical (unpaired) electrons. The Hall–Kier alpha value is -4.02. The average Bonchev–Trinajstić information content (AvgIpc) is 3.29. The van der Waals surface area contributed by atoms with Gasteiger partial charge in [-0.2, -0.15) is 4.98 Å². The van der Waals surface area contributed by atoms with Gasteiger partial charge in [-0.1, -0.05) is 12.6 Å². The van der Waals surface area contributed by atoms with E-state index in [4.69, 9.17) is 4.74 Å². The smallest absolute Gasteiger partial charge is 0.247 e. The molecule has 3 N–H and O–H groups in total.